The fraction of sp³-hybridized carbons (Fsp3) is 0.143. The zero-order chi connectivity index (χ0) is 13.8. The Hall–Kier alpha value is -1.63. The van der Waals surface area contributed by atoms with Crippen molar-refractivity contribution in [3.05, 3.63) is 57.4 Å². The van der Waals surface area contributed by atoms with Gasteiger partial charge in [-0.3, -0.25) is 9.78 Å². The summed E-state index contributed by atoms with van der Waals surface area (Å²) in [5.41, 5.74) is 1.37. The number of phenols is 1. The number of aromatic nitrogens is 1. The van der Waals surface area contributed by atoms with Crippen LogP contribution < -0.4 is 5.32 Å². The van der Waals surface area contributed by atoms with E-state index < -0.39 is 0 Å². The van der Waals surface area contributed by atoms with E-state index in [-0.39, 0.29) is 17.7 Å². The van der Waals surface area contributed by atoms with Gasteiger partial charge in [-0.1, -0.05) is 6.07 Å². The number of rotatable bonds is 3. The maximum Gasteiger partial charge on any atom is 0.251 e. The quantitative estimate of drug-likeness (QED) is 0.820. The van der Waals surface area contributed by atoms with Crippen LogP contribution in [0.3, 0.4) is 0 Å². The molecule has 0 aliphatic rings. The summed E-state index contributed by atoms with van der Waals surface area (Å²) in [6.07, 6.45) is 3.41. The van der Waals surface area contributed by atoms with Crippen molar-refractivity contribution in [2.24, 2.45) is 0 Å². The Morgan fingerprint density at radius 1 is 1.42 bits per heavy atom. The van der Waals surface area contributed by atoms with Gasteiger partial charge >= 0.3 is 0 Å². The minimum Gasteiger partial charge on any atom is -0.507 e. The van der Waals surface area contributed by atoms with E-state index in [0.29, 0.717) is 5.56 Å². The molecule has 0 saturated heterocycles. The van der Waals surface area contributed by atoms with Crippen LogP contribution in [0.2, 0.25) is 0 Å². The highest BCUT2D eigenvalue weighted by Crippen LogP contribution is 2.21. The first-order chi connectivity index (χ1) is 9.08. The van der Waals surface area contributed by atoms with Gasteiger partial charge in [-0.2, -0.15) is 0 Å². The Morgan fingerprint density at radius 3 is 2.84 bits per heavy atom. The third kappa shape index (κ3) is 3.44. The highest BCUT2D eigenvalue weighted by atomic mass is 127. The lowest BCUT2D eigenvalue weighted by Crippen LogP contribution is -2.26. The van der Waals surface area contributed by atoms with Crippen LogP contribution in [-0.4, -0.2) is 16.0 Å². The molecule has 2 aromatic rings. The van der Waals surface area contributed by atoms with E-state index in [2.05, 4.69) is 10.3 Å². The molecule has 2 N–H and O–H groups in total. The van der Waals surface area contributed by atoms with E-state index in [1.165, 1.54) is 6.07 Å². The van der Waals surface area contributed by atoms with Gasteiger partial charge in [-0.05, 0) is 59.3 Å². The van der Waals surface area contributed by atoms with Gasteiger partial charge < -0.3 is 10.4 Å². The monoisotopic (exact) mass is 368 g/mol. The van der Waals surface area contributed by atoms with Gasteiger partial charge in [-0.15, -0.1) is 0 Å². The van der Waals surface area contributed by atoms with Gasteiger partial charge in [0.05, 0.1) is 9.61 Å². The van der Waals surface area contributed by atoms with Crippen LogP contribution in [0.4, 0.5) is 0 Å². The van der Waals surface area contributed by atoms with Crippen molar-refractivity contribution in [2.45, 2.75) is 13.0 Å². The molecule has 1 atom stereocenters. The summed E-state index contributed by atoms with van der Waals surface area (Å²) in [7, 11) is 0. The van der Waals surface area contributed by atoms with Crippen molar-refractivity contribution in [3.8, 4) is 5.75 Å². The molecule has 0 spiro atoms. The third-order valence-corrected chi connectivity index (χ3v) is 3.65. The Balaban J connectivity index is 2.11. The van der Waals surface area contributed by atoms with Crippen LogP contribution in [0.15, 0.2) is 42.7 Å². The lowest BCUT2D eigenvalue weighted by molar-refractivity contribution is 0.0939. The number of hydrogen-bond acceptors (Lipinski definition) is 3. The average Bonchev–Trinajstić information content (AvgIpc) is 2.42. The lowest BCUT2D eigenvalue weighted by Gasteiger charge is -2.14. The topological polar surface area (TPSA) is 62.2 Å². The number of benzene rings is 1. The van der Waals surface area contributed by atoms with Crippen molar-refractivity contribution in [1.29, 1.82) is 0 Å². The molecule has 0 saturated carbocycles. The number of aromatic hydroxyl groups is 1. The summed E-state index contributed by atoms with van der Waals surface area (Å²) in [4.78, 5) is 16.1. The zero-order valence-corrected chi connectivity index (χ0v) is 12.5. The molecule has 1 heterocycles. The predicted molar refractivity (Wildman–Crippen MR) is 80.9 cm³/mol. The Labute approximate surface area is 125 Å². The molecule has 1 amide bonds. The molecule has 1 unspecified atom stereocenters. The number of nitrogens with zero attached hydrogens (tertiary/aromatic N) is 1. The van der Waals surface area contributed by atoms with Crippen molar-refractivity contribution in [2.75, 3.05) is 0 Å². The number of halogens is 1. The number of pyridine rings is 1. The second-order valence-corrected chi connectivity index (χ2v) is 5.31. The highest BCUT2D eigenvalue weighted by molar-refractivity contribution is 14.1. The first-order valence-electron chi connectivity index (χ1n) is 5.77. The van der Waals surface area contributed by atoms with Crippen LogP contribution >= 0.6 is 22.6 Å². The van der Waals surface area contributed by atoms with Crippen LogP contribution in [-0.2, 0) is 0 Å². The van der Waals surface area contributed by atoms with Gasteiger partial charge in [0.1, 0.15) is 5.75 Å². The number of carbonyl (C=O) groups excluding carboxylic acids is 1. The average molecular weight is 368 g/mol. The number of phenolic OH excluding ortho intramolecular Hbond substituents is 1. The summed E-state index contributed by atoms with van der Waals surface area (Å²) >= 11 is 2.01. The molecule has 19 heavy (non-hydrogen) atoms. The van der Waals surface area contributed by atoms with Gasteiger partial charge in [-0.25, -0.2) is 0 Å². The van der Waals surface area contributed by atoms with Gasteiger partial charge in [0.15, 0.2) is 0 Å². The molecule has 4 nitrogen and oxygen atoms in total. The molecule has 5 heteroatoms. The molecule has 0 bridgehead atoms. The van der Waals surface area contributed by atoms with Crippen molar-refractivity contribution < 1.29 is 9.90 Å². The number of hydrogen-bond donors (Lipinski definition) is 2. The lowest BCUT2D eigenvalue weighted by atomic mass is 10.1. The van der Waals surface area contributed by atoms with Crippen LogP contribution in [0.1, 0.15) is 28.9 Å². The summed E-state index contributed by atoms with van der Waals surface area (Å²) in [5.74, 6) is -0.106. The largest absolute Gasteiger partial charge is 0.507 e. The molecule has 0 fully saturated rings. The number of carbonyl (C=O) groups is 1. The molecule has 0 aliphatic heterocycles. The second kappa shape index (κ2) is 6.01. The van der Waals surface area contributed by atoms with Crippen molar-refractivity contribution in [1.82, 2.24) is 10.3 Å². The summed E-state index contributed by atoms with van der Waals surface area (Å²) in [5, 5.41) is 12.5. The van der Waals surface area contributed by atoms with E-state index >= 15 is 0 Å². The van der Waals surface area contributed by atoms with E-state index in [0.717, 1.165) is 9.13 Å². The van der Waals surface area contributed by atoms with Crippen LogP contribution in [0.25, 0.3) is 0 Å². The van der Waals surface area contributed by atoms with Gasteiger partial charge in [0.25, 0.3) is 5.91 Å². The summed E-state index contributed by atoms with van der Waals surface area (Å²) < 4.78 is 0.717. The Kier molecular flexibility index (Phi) is 4.36. The number of amides is 1. The molecular weight excluding hydrogens is 355 g/mol. The first-order valence-corrected chi connectivity index (χ1v) is 6.85. The predicted octanol–water partition coefficient (Wildman–Crippen LogP) is 2.88. The fourth-order valence-corrected chi connectivity index (χ4v) is 1.98. The maximum absolute atomic E-state index is 12.0. The Bertz CT molecular complexity index is 587. The van der Waals surface area contributed by atoms with Crippen molar-refractivity contribution >= 4 is 28.5 Å². The van der Waals surface area contributed by atoms with E-state index in [9.17, 15) is 9.90 Å². The summed E-state index contributed by atoms with van der Waals surface area (Å²) in [6.45, 7) is 1.89. The zero-order valence-electron chi connectivity index (χ0n) is 10.3. The third-order valence-electron chi connectivity index (χ3n) is 2.74. The SMILES string of the molecule is CC(NC(=O)c1ccc(I)c(O)c1)c1cccnc1. The molecule has 0 aliphatic carbocycles. The van der Waals surface area contributed by atoms with Crippen LogP contribution in [0, 0.1) is 3.57 Å². The van der Waals surface area contributed by atoms with Crippen molar-refractivity contribution in [3.63, 3.8) is 0 Å². The van der Waals surface area contributed by atoms with Gasteiger partial charge in [0, 0.05) is 18.0 Å². The van der Waals surface area contributed by atoms with E-state index in [4.69, 9.17) is 0 Å². The Morgan fingerprint density at radius 2 is 2.21 bits per heavy atom. The minimum absolute atomic E-state index is 0.113. The molecule has 2 rings (SSSR count). The first kappa shape index (κ1) is 13.8. The molecule has 1 aromatic carbocycles. The molecule has 0 radical (unpaired) electrons. The van der Waals surface area contributed by atoms with Crippen LogP contribution in [0.5, 0.6) is 5.75 Å². The maximum atomic E-state index is 12.0. The smallest absolute Gasteiger partial charge is 0.251 e. The second-order valence-electron chi connectivity index (χ2n) is 4.15. The molecular formula is C14H13IN2O2. The van der Waals surface area contributed by atoms with E-state index in [1.54, 1.807) is 24.5 Å². The fourth-order valence-electron chi connectivity index (χ4n) is 1.65. The summed E-state index contributed by atoms with van der Waals surface area (Å²) in [6, 6.07) is 8.46. The van der Waals surface area contributed by atoms with E-state index in [1.807, 2.05) is 41.6 Å². The van der Waals surface area contributed by atoms with Gasteiger partial charge in [0.2, 0.25) is 0 Å². The minimum atomic E-state index is -0.219. The highest BCUT2D eigenvalue weighted by Gasteiger charge is 2.12. The molecule has 1 aromatic heterocycles. The standard InChI is InChI=1S/C14H13IN2O2/c1-9(11-3-2-6-16-8-11)17-14(19)10-4-5-12(15)13(18)7-10/h2-9,18H,1H3,(H,17,19). The molecule has 98 valence electrons. The number of nitrogens with one attached hydrogen (secondary N) is 1. The normalized spacial score (nSPS) is 11.9.